The minimum Gasteiger partial charge on any atom is -0.462 e. The Kier molecular flexibility index (Phi) is 51.6. The van der Waals surface area contributed by atoms with Gasteiger partial charge in [-0.2, -0.15) is 0 Å². The van der Waals surface area contributed by atoms with E-state index in [9.17, 15) is 14.7 Å². The molecule has 1 N–H and O–H groups in total. The molecule has 0 rings (SSSR count). The van der Waals surface area contributed by atoms with Gasteiger partial charge in [-0.1, -0.05) is 217 Å². The summed E-state index contributed by atoms with van der Waals surface area (Å²) in [4.78, 5) is 24.5. The van der Waals surface area contributed by atoms with Crippen molar-refractivity contribution >= 4 is 11.9 Å². The Balaban J connectivity index is 3.70. The first-order valence-electron chi connectivity index (χ1n) is 26.4. The first-order chi connectivity index (χ1) is 32.6. The summed E-state index contributed by atoms with van der Waals surface area (Å²) in [6.07, 6.45) is 83.6. The number of aliphatic hydroxyl groups excluding tert-OH is 1. The van der Waals surface area contributed by atoms with Crippen LogP contribution in [0.4, 0.5) is 0 Å². The highest BCUT2D eigenvalue weighted by molar-refractivity contribution is 5.70. The molecule has 0 aliphatic carbocycles. The van der Waals surface area contributed by atoms with Crippen LogP contribution in [0.15, 0.2) is 146 Å². The van der Waals surface area contributed by atoms with E-state index in [4.69, 9.17) is 9.47 Å². The van der Waals surface area contributed by atoms with Crippen LogP contribution < -0.4 is 0 Å². The molecule has 1 unspecified atom stereocenters. The summed E-state index contributed by atoms with van der Waals surface area (Å²) in [6.45, 7) is 3.96. The Bertz CT molecular complexity index is 1450. The van der Waals surface area contributed by atoms with Gasteiger partial charge in [0.25, 0.3) is 0 Å². The van der Waals surface area contributed by atoms with E-state index in [1.54, 1.807) is 0 Å². The van der Waals surface area contributed by atoms with Gasteiger partial charge in [0.15, 0.2) is 6.10 Å². The number of esters is 2. The third-order valence-corrected chi connectivity index (χ3v) is 10.6. The van der Waals surface area contributed by atoms with E-state index < -0.39 is 6.10 Å². The number of aliphatic hydroxyl groups is 1. The number of hydrogen-bond donors (Lipinski definition) is 1. The minimum atomic E-state index is -0.808. The summed E-state index contributed by atoms with van der Waals surface area (Å²) in [5.74, 6) is -0.655. The molecule has 5 heteroatoms. The Morgan fingerprint density at radius 2 is 0.652 bits per heavy atom. The summed E-state index contributed by atoms with van der Waals surface area (Å²) in [7, 11) is 0. The molecule has 0 radical (unpaired) electrons. The molecule has 5 nitrogen and oxygen atoms in total. The maximum absolute atomic E-state index is 12.3. The number of rotatable bonds is 46. The van der Waals surface area contributed by atoms with Crippen molar-refractivity contribution < 1.29 is 24.2 Å². The molecule has 0 aliphatic heterocycles. The maximum Gasteiger partial charge on any atom is 0.306 e. The van der Waals surface area contributed by atoms with Gasteiger partial charge >= 0.3 is 11.9 Å². The zero-order valence-corrected chi connectivity index (χ0v) is 42.1. The minimum absolute atomic E-state index is 0.0967. The van der Waals surface area contributed by atoms with E-state index >= 15 is 0 Å². The fourth-order valence-electron chi connectivity index (χ4n) is 6.67. The molecule has 0 amide bonds. The van der Waals surface area contributed by atoms with Crippen LogP contribution in [0.5, 0.6) is 0 Å². The van der Waals surface area contributed by atoms with E-state index in [2.05, 4.69) is 160 Å². The number of hydrogen-bond acceptors (Lipinski definition) is 5. The molecule has 0 aromatic carbocycles. The Labute approximate surface area is 406 Å². The van der Waals surface area contributed by atoms with Gasteiger partial charge < -0.3 is 14.6 Å². The maximum atomic E-state index is 12.3. The predicted octanol–water partition coefficient (Wildman–Crippen LogP) is 17.9. The summed E-state index contributed by atoms with van der Waals surface area (Å²) in [6, 6.07) is 0. The SMILES string of the molecule is CC/C=C\C/C=C\C/C=C\C/C=C\C/C=C\C/C=C\C/C=C\C/C=C\C/C=C\CCCCCC(=O)OC(CO)COC(=O)CCCCCCCC/C=C\C/C=C\C/C=C\CCCCCCC. The van der Waals surface area contributed by atoms with Crippen molar-refractivity contribution in [2.75, 3.05) is 13.2 Å². The zero-order chi connectivity index (χ0) is 47.7. The van der Waals surface area contributed by atoms with Crippen molar-refractivity contribution in [2.24, 2.45) is 0 Å². The fraction of sp³-hybridized carbons (Fsp3) is 0.574. The molecule has 0 spiro atoms. The first-order valence-corrected chi connectivity index (χ1v) is 26.4. The summed E-state index contributed by atoms with van der Waals surface area (Å²) in [5, 5.41) is 9.63. The lowest BCUT2D eigenvalue weighted by atomic mass is 10.1. The number of allylic oxidation sites excluding steroid dienone is 24. The second-order valence-corrected chi connectivity index (χ2v) is 16.9. The quantitative estimate of drug-likeness (QED) is 0.0374. The molecule has 0 fully saturated rings. The van der Waals surface area contributed by atoms with Crippen LogP contribution in [0.2, 0.25) is 0 Å². The van der Waals surface area contributed by atoms with E-state index in [-0.39, 0.29) is 25.2 Å². The van der Waals surface area contributed by atoms with E-state index in [1.165, 1.54) is 57.8 Å². The van der Waals surface area contributed by atoms with Crippen molar-refractivity contribution in [3.05, 3.63) is 146 Å². The van der Waals surface area contributed by atoms with Crippen molar-refractivity contribution in [1.29, 1.82) is 0 Å². The molecule has 370 valence electrons. The first kappa shape index (κ1) is 61.8. The normalized spacial score (nSPS) is 13.4. The van der Waals surface area contributed by atoms with E-state index in [0.717, 1.165) is 122 Å². The average Bonchev–Trinajstić information content (AvgIpc) is 3.32. The zero-order valence-electron chi connectivity index (χ0n) is 42.1. The van der Waals surface area contributed by atoms with Crippen LogP contribution in [0, 0.1) is 0 Å². The summed E-state index contributed by atoms with van der Waals surface area (Å²) in [5.41, 5.74) is 0. The Hall–Kier alpha value is -4.22. The van der Waals surface area contributed by atoms with Crippen LogP contribution in [-0.2, 0) is 19.1 Å². The van der Waals surface area contributed by atoms with Gasteiger partial charge in [0.05, 0.1) is 6.61 Å². The third kappa shape index (κ3) is 52.4. The second-order valence-electron chi connectivity index (χ2n) is 16.9. The molecule has 0 aromatic heterocycles. The van der Waals surface area contributed by atoms with Crippen molar-refractivity contribution in [3.63, 3.8) is 0 Å². The lowest BCUT2D eigenvalue weighted by molar-refractivity contribution is -0.161. The predicted molar refractivity (Wildman–Crippen MR) is 287 cm³/mol. The average molecular weight is 909 g/mol. The lowest BCUT2D eigenvalue weighted by Crippen LogP contribution is -2.28. The van der Waals surface area contributed by atoms with Gasteiger partial charge in [-0.3, -0.25) is 9.59 Å². The van der Waals surface area contributed by atoms with Crippen molar-refractivity contribution in [2.45, 2.75) is 213 Å². The summed E-state index contributed by atoms with van der Waals surface area (Å²) < 4.78 is 10.6. The molecule has 0 heterocycles. The molecule has 0 saturated heterocycles. The monoisotopic (exact) mass is 909 g/mol. The molecular formula is C61H96O5. The number of unbranched alkanes of at least 4 members (excludes halogenated alkanes) is 14. The van der Waals surface area contributed by atoms with Gasteiger partial charge in [0.1, 0.15) is 6.61 Å². The highest BCUT2D eigenvalue weighted by Crippen LogP contribution is 2.11. The number of carbonyl (C=O) groups is 2. The highest BCUT2D eigenvalue weighted by Gasteiger charge is 2.16. The molecule has 0 aromatic rings. The molecule has 0 bridgehead atoms. The summed E-state index contributed by atoms with van der Waals surface area (Å²) >= 11 is 0. The topological polar surface area (TPSA) is 72.8 Å². The smallest absolute Gasteiger partial charge is 0.306 e. The lowest BCUT2D eigenvalue weighted by Gasteiger charge is -2.15. The molecule has 0 aliphatic rings. The van der Waals surface area contributed by atoms with Crippen LogP contribution >= 0.6 is 0 Å². The highest BCUT2D eigenvalue weighted by atomic mass is 16.6. The Morgan fingerprint density at radius 1 is 0.364 bits per heavy atom. The largest absolute Gasteiger partial charge is 0.462 e. The van der Waals surface area contributed by atoms with Gasteiger partial charge in [-0.25, -0.2) is 0 Å². The number of carbonyl (C=O) groups excluding carboxylic acids is 2. The Morgan fingerprint density at radius 3 is 1.00 bits per heavy atom. The van der Waals surface area contributed by atoms with Crippen molar-refractivity contribution in [3.8, 4) is 0 Å². The standard InChI is InChI=1S/C61H96O5/c1-3-5-7-9-11-13-15-17-19-21-23-25-26-27-28-29-30-31-32-33-34-36-38-40-42-44-46-48-50-52-54-56-61(64)66-59(57-62)58-65-60(63)55-53-51-49-47-45-43-41-39-37-35-24-22-20-18-16-14-12-10-8-6-4-2/h5,7,11,13,16-19,22-25,27-28,30-31,33-34,37-40,44,46,59,62H,3-4,6,8-10,12,14-15,20-21,26,29,32,35-36,41-43,45,47-58H2,1-2H3/b7-5-,13-11-,18-16-,19-17-,24-22-,25-23-,28-27-,31-30-,34-33-,39-37-,40-38-,46-44-. The van der Waals surface area contributed by atoms with Crippen LogP contribution in [0.1, 0.15) is 206 Å². The molecule has 66 heavy (non-hydrogen) atoms. The fourth-order valence-corrected chi connectivity index (χ4v) is 6.67. The van der Waals surface area contributed by atoms with E-state index in [1.807, 2.05) is 0 Å². The molecule has 0 saturated carbocycles. The van der Waals surface area contributed by atoms with Crippen LogP contribution in [-0.4, -0.2) is 36.4 Å². The van der Waals surface area contributed by atoms with E-state index in [0.29, 0.717) is 12.8 Å². The van der Waals surface area contributed by atoms with Crippen molar-refractivity contribution in [1.82, 2.24) is 0 Å². The molecular weight excluding hydrogens is 813 g/mol. The molecule has 1 atom stereocenters. The van der Waals surface area contributed by atoms with Crippen LogP contribution in [0.25, 0.3) is 0 Å². The van der Waals surface area contributed by atoms with Gasteiger partial charge in [-0.05, 0) is 122 Å². The van der Waals surface area contributed by atoms with Gasteiger partial charge in [0, 0.05) is 12.8 Å². The third-order valence-electron chi connectivity index (χ3n) is 10.6. The van der Waals surface area contributed by atoms with Crippen LogP contribution in [0.3, 0.4) is 0 Å². The number of ether oxygens (including phenoxy) is 2. The van der Waals surface area contributed by atoms with Gasteiger partial charge in [-0.15, -0.1) is 0 Å². The van der Waals surface area contributed by atoms with Gasteiger partial charge in [0.2, 0.25) is 0 Å². The second kappa shape index (κ2) is 55.1.